The van der Waals surface area contributed by atoms with Crippen molar-refractivity contribution in [1.82, 2.24) is 0 Å². The molecule has 0 saturated heterocycles. The predicted molar refractivity (Wildman–Crippen MR) is 60.9 cm³/mol. The third-order valence-electron chi connectivity index (χ3n) is 2.04. The van der Waals surface area contributed by atoms with Gasteiger partial charge in [-0.05, 0) is 25.1 Å². The van der Waals surface area contributed by atoms with Crippen molar-refractivity contribution in [2.45, 2.75) is 6.92 Å². The van der Waals surface area contributed by atoms with Crippen molar-refractivity contribution in [2.75, 3.05) is 25.1 Å². The van der Waals surface area contributed by atoms with E-state index in [1.54, 1.807) is 18.2 Å². The monoisotopic (exact) mass is 215 g/mol. The predicted octanol–water partition coefficient (Wildman–Crippen LogP) is 1.88. The number of hydrogen-bond acceptors (Lipinski definition) is 4. The van der Waals surface area contributed by atoms with E-state index in [1.807, 2.05) is 19.1 Å². The zero-order chi connectivity index (χ0) is 11.8. The maximum atomic E-state index is 8.83. The van der Waals surface area contributed by atoms with Crippen LogP contribution in [0.4, 0.5) is 5.69 Å². The molecule has 0 atom stereocenters. The van der Waals surface area contributed by atoms with Crippen LogP contribution < -0.4 is 5.32 Å². The fraction of sp³-hybridized carbons (Fsp3) is 0.333. The van der Waals surface area contributed by atoms with Gasteiger partial charge in [0.15, 0.2) is 0 Å². The Labute approximate surface area is 95.1 Å². The van der Waals surface area contributed by atoms with Gasteiger partial charge in [0.25, 0.3) is 0 Å². The summed E-state index contributed by atoms with van der Waals surface area (Å²) in [5.41, 5.74) is 1.62. The lowest BCUT2D eigenvalue weighted by atomic mass is 10.1. The molecule has 1 rings (SSSR count). The first kappa shape index (κ1) is 12.0. The van der Waals surface area contributed by atoms with Gasteiger partial charge in [0.2, 0.25) is 0 Å². The van der Waals surface area contributed by atoms with Crippen molar-refractivity contribution < 1.29 is 4.74 Å². The Morgan fingerprint density at radius 1 is 1.25 bits per heavy atom. The van der Waals surface area contributed by atoms with Crippen LogP contribution in [0.15, 0.2) is 18.2 Å². The van der Waals surface area contributed by atoms with Crippen LogP contribution >= 0.6 is 0 Å². The van der Waals surface area contributed by atoms with Gasteiger partial charge in [-0.2, -0.15) is 10.5 Å². The highest BCUT2D eigenvalue weighted by molar-refractivity contribution is 5.56. The molecule has 0 fully saturated rings. The minimum atomic E-state index is 0.393. The summed E-state index contributed by atoms with van der Waals surface area (Å²) in [6.45, 7) is 3.94. The van der Waals surface area contributed by atoms with E-state index in [4.69, 9.17) is 15.3 Å². The lowest BCUT2D eigenvalue weighted by molar-refractivity contribution is 0.158. The van der Waals surface area contributed by atoms with Crippen molar-refractivity contribution in [3.05, 3.63) is 29.3 Å². The molecule has 82 valence electrons. The molecular weight excluding hydrogens is 202 g/mol. The summed E-state index contributed by atoms with van der Waals surface area (Å²) >= 11 is 0. The molecule has 0 saturated carbocycles. The summed E-state index contributed by atoms with van der Waals surface area (Å²) in [5, 5.41) is 20.7. The van der Waals surface area contributed by atoms with Crippen LogP contribution in [-0.4, -0.2) is 19.8 Å². The summed E-state index contributed by atoms with van der Waals surface area (Å²) in [7, 11) is 0. The third-order valence-corrected chi connectivity index (χ3v) is 2.04. The molecule has 1 aromatic carbocycles. The van der Waals surface area contributed by atoms with Gasteiger partial charge in [-0.3, -0.25) is 0 Å². The highest BCUT2D eigenvalue weighted by Gasteiger charge is 2.01. The Morgan fingerprint density at radius 3 is 2.62 bits per heavy atom. The third kappa shape index (κ3) is 3.27. The zero-order valence-corrected chi connectivity index (χ0v) is 9.16. The summed E-state index contributed by atoms with van der Waals surface area (Å²) in [6.07, 6.45) is 0. The number of anilines is 1. The number of nitriles is 2. The molecule has 0 bridgehead atoms. The van der Waals surface area contributed by atoms with E-state index in [2.05, 4.69) is 5.32 Å². The molecule has 0 heterocycles. The van der Waals surface area contributed by atoms with E-state index < -0.39 is 0 Å². The van der Waals surface area contributed by atoms with Crippen LogP contribution in [0, 0.1) is 22.7 Å². The average molecular weight is 215 g/mol. The highest BCUT2D eigenvalue weighted by atomic mass is 16.5. The Hall–Kier alpha value is -2.04. The van der Waals surface area contributed by atoms with E-state index in [1.165, 1.54) is 0 Å². The lowest BCUT2D eigenvalue weighted by Crippen LogP contribution is -2.09. The van der Waals surface area contributed by atoms with Crippen LogP contribution in [0.2, 0.25) is 0 Å². The Kier molecular flexibility index (Phi) is 4.85. The van der Waals surface area contributed by atoms with Crippen molar-refractivity contribution in [1.29, 1.82) is 10.5 Å². The average Bonchev–Trinajstić information content (AvgIpc) is 2.34. The lowest BCUT2D eigenvalue weighted by Gasteiger charge is -2.06. The van der Waals surface area contributed by atoms with Gasteiger partial charge >= 0.3 is 0 Å². The van der Waals surface area contributed by atoms with Crippen molar-refractivity contribution in [3.63, 3.8) is 0 Å². The standard InChI is InChI=1S/C12H13N3O/c1-2-16-6-5-15-12-4-3-10(8-13)11(7-12)9-14/h3-4,7,15H,2,5-6H2,1H3. The summed E-state index contributed by atoms with van der Waals surface area (Å²) in [6, 6.07) is 9.06. The highest BCUT2D eigenvalue weighted by Crippen LogP contribution is 2.14. The molecule has 4 heteroatoms. The molecule has 0 unspecified atom stereocenters. The molecule has 0 radical (unpaired) electrons. The molecule has 0 amide bonds. The summed E-state index contributed by atoms with van der Waals surface area (Å²) in [4.78, 5) is 0. The van der Waals surface area contributed by atoms with Gasteiger partial charge in [0.05, 0.1) is 17.7 Å². The molecule has 0 aliphatic carbocycles. The van der Waals surface area contributed by atoms with Crippen molar-refractivity contribution in [3.8, 4) is 12.1 Å². The first-order chi connectivity index (χ1) is 7.81. The van der Waals surface area contributed by atoms with E-state index in [9.17, 15) is 0 Å². The second-order valence-corrected chi connectivity index (χ2v) is 3.11. The second-order valence-electron chi connectivity index (χ2n) is 3.11. The minimum Gasteiger partial charge on any atom is -0.383 e. The molecule has 0 spiro atoms. The van der Waals surface area contributed by atoms with Gasteiger partial charge in [0.1, 0.15) is 12.1 Å². The van der Waals surface area contributed by atoms with E-state index >= 15 is 0 Å². The van der Waals surface area contributed by atoms with Gasteiger partial charge in [-0.25, -0.2) is 0 Å². The smallest absolute Gasteiger partial charge is 0.101 e. The fourth-order valence-corrected chi connectivity index (χ4v) is 1.26. The Balaban J connectivity index is 2.63. The summed E-state index contributed by atoms with van der Waals surface area (Å²) in [5.74, 6) is 0. The number of ether oxygens (including phenoxy) is 1. The number of hydrogen-bond donors (Lipinski definition) is 1. The molecule has 16 heavy (non-hydrogen) atoms. The summed E-state index contributed by atoms with van der Waals surface area (Å²) < 4.78 is 5.18. The largest absolute Gasteiger partial charge is 0.383 e. The van der Waals surface area contributed by atoms with Crippen LogP contribution in [0.5, 0.6) is 0 Å². The van der Waals surface area contributed by atoms with Crippen LogP contribution in [0.25, 0.3) is 0 Å². The Morgan fingerprint density at radius 2 is 2.00 bits per heavy atom. The first-order valence-electron chi connectivity index (χ1n) is 5.07. The van der Waals surface area contributed by atoms with E-state index in [-0.39, 0.29) is 0 Å². The van der Waals surface area contributed by atoms with Gasteiger partial charge in [0, 0.05) is 18.8 Å². The van der Waals surface area contributed by atoms with Gasteiger partial charge < -0.3 is 10.1 Å². The molecular formula is C12H13N3O. The maximum Gasteiger partial charge on any atom is 0.101 e. The van der Waals surface area contributed by atoms with Crippen LogP contribution in [0.1, 0.15) is 18.1 Å². The number of nitrogens with zero attached hydrogens (tertiary/aromatic N) is 2. The fourth-order valence-electron chi connectivity index (χ4n) is 1.26. The normalized spacial score (nSPS) is 9.19. The Bertz CT molecular complexity index is 429. The van der Waals surface area contributed by atoms with E-state index in [0.717, 1.165) is 5.69 Å². The number of nitrogens with one attached hydrogen (secondary N) is 1. The van der Waals surface area contributed by atoms with Gasteiger partial charge in [-0.1, -0.05) is 0 Å². The number of benzene rings is 1. The molecule has 0 aliphatic heterocycles. The van der Waals surface area contributed by atoms with E-state index in [0.29, 0.717) is 30.9 Å². The molecule has 4 nitrogen and oxygen atoms in total. The molecule has 0 aliphatic rings. The maximum absolute atomic E-state index is 8.83. The van der Waals surface area contributed by atoms with Crippen molar-refractivity contribution in [2.24, 2.45) is 0 Å². The number of rotatable bonds is 5. The van der Waals surface area contributed by atoms with Crippen LogP contribution in [-0.2, 0) is 4.74 Å². The molecule has 1 aromatic rings. The second kappa shape index (κ2) is 6.44. The van der Waals surface area contributed by atoms with Crippen LogP contribution in [0.3, 0.4) is 0 Å². The topological polar surface area (TPSA) is 68.8 Å². The molecule has 1 N–H and O–H groups in total. The quantitative estimate of drug-likeness (QED) is 0.761. The van der Waals surface area contributed by atoms with Crippen molar-refractivity contribution >= 4 is 5.69 Å². The molecule has 0 aromatic heterocycles. The first-order valence-corrected chi connectivity index (χ1v) is 5.07. The zero-order valence-electron chi connectivity index (χ0n) is 9.16. The van der Waals surface area contributed by atoms with Gasteiger partial charge in [-0.15, -0.1) is 0 Å². The minimum absolute atomic E-state index is 0.393. The SMILES string of the molecule is CCOCCNc1ccc(C#N)c(C#N)c1.